The van der Waals surface area contributed by atoms with E-state index in [2.05, 4.69) is 0 Å². The topological polar surface area (TPSA) is 46.5 Å². The third-order valence-electron chi connectivity index (χ3n) is 2.83. The Kier molecular flexibility index (Phi) is 2.45. The van der Waals surface area contributed by atoms with E-state index in [-0.39, 0.29) is 5.82 Å². The van der Waals surface area contributed by atoms with Crippen LogP contribution in [0.2, 0.25) is 0 Å². The van der Waals surface area contributed by atoms with Gasteiger partial charge in [0.2, 0.25) is 0 Å². The summed E-state index contributed by atoms with van der Waals surface area (Å²) in [5.74, 6) is 0.756. The number of fused-ring (bicyclic) bond motifs is 1. The highest BCUT2D eigenvalue weighted by molar-refractivity contribution is 5.78. The summed E-state index contributed by atoms with van der Waals surface area (Å²) >= 11 is 0. The number of aliphatic hydroxyl groups excluding tert-OH is 1. The predicted octanol–water partition coefficient (Wildman–Crippen LogP) is 3.56. The molecule has 2 aromatic heterocycles. The van der Waals surface area contributed by atoms with Crippen LogP contribution in [0.5, 0.6) is 0 Å². The quantitative estimate of drug-likeness (QED) is 0.752. The van der Waals surface area contributed by atoms with Crippen LogP contribution in [0.4, 0.5) is 4.39 Å². The maximum Gasteiger partial charge on any atom is 0.140 e. The Hall–Kier alpha value is -2.07. The Bertz CT molecular complexity index is 696. The summed E-state index contributed by atoms with van der Waals surface area (Å²) in [4.78, 5) is 0. The van der Waals surface area contributed by atoms with Gasteiger partial charge in [0.1, 0.15) is 29.0 Å². The summed E-state index contributed by atoms with van der Waals surface area (Å²) in [7, 11) is 0. The smallest absolute Gasteiger partial charge is 0.140 e. The van der Waals surface area contributed by atoms with Crippen molar-refractivity contribution in [3.05, 3.63) is 59.5 Å². The molecule has 3 nitrogen and oxygen atoms in total. The molecule has 0 saturated heterocycles. The zero-order chi connectivity index (χ0) is 12.7. The highest BCUT2D eigenvalue weighted by Gasteiger charge is 2.17. The molecule has 92 valence electrons. The van der Waals surface area contributed by atoms with E-state index in [0.29, 0.717) is 28.1 Å². The van der Waals surface area contributed by atoms with Crippen molar-refractivity contribution >= 4 is 11.0 Å². The summed E-state index contributed by atoms with van der Waals surface area (Å²) in [6.07, 6.45) is 0.575. The second-order valence-corrected chi connectivity index (χ2v) is 4.22. The molecule has 1 unspecified atom stereocenters. The normalized spacial score (nSPS) is 13.1. The van der Waals surface area contributed by atoms with Crippen LogP contribution in [-0.4, -0.2) is 5.11 Å². The van der Waals surface area contributed by atoms with Gasteiger partial charge in [-0.1, -0.05) is 0 Å². The first-order chi connectivity index (χ1) is 8.63. The number of halogens is 1. The highest BCUT2D eigenvalue weighted by Crippen LogP contribution is 2.29. The molecule has 0 aliphatic rings. The van der Waals surface area contributed by atoms with Crippen molar-refractivity contribution in [3.8, 4) is 0 Å². The van der Waals surface area contributed by atoms with Crippen LogP contribution in [-0.2, 0) is 0 Å². The van der Waals surface area contributed by atoms with Gasteiger partial charge in [-0.3, -0.25) is 0 Å². The second kappa shape index (κ2) is 3.99. The van der Waals surface area contributed by atoms with Gasteiger partial charge in [-0.05, 0) is 37.3 Å². The van der Waals surface area contributed by atoms with Crippen molar-refractivity contribution < 1.29 is 18.3 Å². The molecule has 4 heteroatoms. The molecule has 0 radical (unpaired) electrons. The Balaban J connectivity index is 2.03. The minimum atomic E-state index is -0.905. The number of aliphatic hydroxyl groups is 1. The van der Waals surface area contributed by atoms with Crippen molar-refractivity contribution in [2.45, 2.75) is 13.0 Å². The fourth-order valence-corrected chi connectivity index (χ4v) is 1.94. The first-order valence-electron chi connectivity index (χ1n) is 5.55. The van der Waals surface area contributed by atoms with E-state index in [1.807, 2.05) is 0 Å². The van der Waals surface area contributed by atoms with E-state index in [1.165, 1.54) is 18.4 Å². The lowest BCUT2D eigenvalue weighted by atomic mass is 10.1. The van der Waals surface area contributed by atoms with Crippen molar-refractivity contribution in [1.82, 2.24) is 0 Å². The number of rotatable bonds is 2. The third-order valence-corrected chi connectivity index (χ3v) is 2.83. The lowest BCUT2D eigenvalue weighted by molar-refractivity contribution is 0.191. The molecule has 0 saturated carbocycles. The average Bonchev–Trinajstić information content (AvgIpc) is 2.93. The highest BCUT2D eigenvalue weighted by atomic mass is 19.1. The lowest BCUT2D eigenvalue weighted by Crippen LogP contribution is -1.95. The standard InChI is InChI=1S/C14H11FO3/c1-8-4-10(7-17-8)14(16)13-6-9-5-11(15)2-3-12(9)18-13/h2-7,14,16H,1H3. The number of benzene rings is 1. The SMILES string of the molecule is Cc1cc(C(O)c2cc3cc(F)ccc3o2)co1. The lowest BCUT2D eigenvalue weighted by Gasteiger charge is -2.02. The molecule has 0 amide bonds. The molecular weight excluding hydrogens is 235 g/mol. The van der Waals surface area contributed by atoms with Crippen LogP contribution in [0, 0.1) is 12.7 Å². The number of hydrogen-bond acceptors (Lipinski definition) is 3. The van der Waals surface area contributed by atoms with E-state index < -0.39 is 6.10 Å². The molecule has 1 N–H and O–H groups in total. The maximum atomic E-state index is 13.1. The molecule has 2 heterocycles. The fraction of sp³-hybridized carbons (Fsp3) is 0.143. The largest absolute Gasteiger partial charge is 0.469 e. The molecule has 3 rings (SSSR count). The van der Waals surface area contributed by atoms with Gasteiger partial charge in [-0.25, -0.2) is 4.39 Å². The van der Waals surface area contributed by atoms with Gasteiger partial charge >= 0.3 is 0 Å². The van der Waals surface area contributed by atoms with Crippen LogP contribution < -0.4 is 0 Å². The van der Waals surface area contributed by atoms with Crippen molar-refractivity contribution in [2.24, 2.45) is 0 Å². The van der Waals surface area contributed by atoms with Crippen molar-refractivity contribution in [2.75, 3.05) is 0 Å². The Labute approximate surface area is 102 Å². The van der Waals surface area contributed by atoms with Gasteiger partial charge in [0.15, 0.2) is 0 Å². The fourth-order valence-electron chi connectivity index (χ4n) is 1.94. The second-order valence-electron chi connectivity index (χ2n) is 4.22. The van der Waals surface area contributed by atoms with E-state index in [9.17, 15) is 9.50 Å². The number of furan rings is 2. The molecule has 3 aromatic rings. The van der Waals surface area contributed by atoms with Crippen molar-refractivity contribution in [1.29, 1.82) is 0 Å². The van der Waals surface area contributed by atoms with Gasteiger partial charge in [-0.2, -0.15) is 0 Å². The number of aryl methyl sites for hydroxylation is 1. The first-order valence-corrected chi connectivity index (χ1v) is 5.55. The molecular formula is C14H11FO3. The van der Waals surface area contributed by atoms with Crippen LogP contribution in [0.15, 0.2) is 45.4 Å². The predicted molar refractivity (Wildman–Crippen MR) is 63.7 cm³/mol. The Morgan fingerprint density at radius 1 is 1.22 bits per heavy atom. The molecule has 1 atom stereocenters. The maximum absolute atomic E-state index is 13.1. The zero-order valence-corrected chi connectivity index (χ0v) is 9.68. The Morgan fingerprint density at radius 3 is 2.78 bits per heavy atom. The molecule has 0 fully saturated rings. The van der Waals surface area contributed by atoms with Crippen LogP contribution in [0.25, 0.3) is 11.0 Å². The Morgan fingerprint density at radius 2 is 2.06 bits per heavy atom. The van der Waals surface area contributed by atoms with Gasteiger partial charge in [0, 0.05) is 10.9 Å². The van der Waals surface area contributed by atoms with E-state index in [4.69, 9.17) is 8.83 Å². The van der Waals surface area contributed by atoms with E-state index in [0.717, 1.165) is 0 Å². The van der Waals surface area contributed by atoms with Gasteiger partial charge < -0.3 is 13.9 Å². The van der Waals surface area contributed by atoms with Crippen LogP contribution in [0.3, 0.4) is 0 Å². The average molecular weight is 246 g/mol. The van der Waals surface area contributed by atoms with Crippen LogP contribution in [0.1, 0.15) is 23.2 Å². The third kappa shape index (κ3) is 1.80. The molecule has 18 heavy (non-hydrogen) atoms. The van der Waals surface area contributed by atoms with Crippen LogP contribution >= 0.6 is 0 Å². The minimum Gasteiger partial charge on any atom is -0.469 e. The van der Waals surface area contributed by atoms with Gasteiger partial charge in [0.25, 0.3) is 0 Å². The molecule has 0 spiro atoms. The van der Waals surface area contributed by atoms with Gasteiger partial charge in [-0.15, -0.1) is 0 Å². The summed E-state index contributed by atoms with van der Waals surface area (Å²) in [5, 5.41) is 10.8. The summed E-state index contributed by atoms with van der Waals surface area (Å²) < 4.78 is 23.7. The van der Waals surface area contributed by atoms with E-state index >= 15 is 0 Å². The molecule has 0 bridgehead atoms. The van der Waals surface area contributed by atoms with E-state index in [1.54, 1.807) is 25.1 Å². The zero-order valence-electron chi connectivity index (χ0n) is 9.68. The number of hydrogen-bond donors (Lipinski definition) is 1. The summed E-state index contributed by atoms with van der Waals surface area (Å²) in [6.45, 7) is 1.80. The van der Waals surface area contributed by atoms with Gasteiger partial charge in [0.05, 0.1) is 6.26 Å². The minimum absolute atomic E-state index is 0.330. The summed E-state index contributed by atoms with van der Waals surface area (Å²) in [6, 6.07) is 7.60. The monoisotopic (exact) mass is 246 g/mol. The molecule has 0 aliphatic carbocycles. The van der Waals surface area contributed by atoms with Crippen molar-refractivity contribution in [3.63, 3.8) is 0 Å². The summed E-state index contributed by atoms with van der Waals surface area (Å²) in [5.41, 5.74) is 1.16. The first kappa shape index (κ1) is 11.0. The molecule has 0 aliphatic heterocycles. The molecule has 1 aromatic carbocycles.